The van der Waals surface area contributed by atoms with Crippen LogP contribution in [0.3, 0.4) is 0 Å². The van der Waals surface area contributed by atoms with Gasteiger partial charge in [0.15, 0.2) is 0 Å². The lowest BCUT2D eigenvalue weighted by molar-refractivity contribution is -0.122. The Labute approximate surface area is 175 Å². The minimum atomic E-state index is -0.466. The summed E-state index contributed by atoms with van der Waals surface area (Å²) < 4.78 is 0. The quantitative estimate of drug-likeness (QED) is 0.790. The Hall–Kier alpha value is -3.20. The predicted octanol–water partition coefficient (Wildman–Crippen LogP) is 1.24. The molecular weight excluding hydrogens is 384 g/mol. The largest absolute Gasteiger partial charge is 0.335 e. The summed E-state index contributed by atoms with van der Waals surface area (Å²) in [7, 11) is 1.88. The smallest absolute Gasteiger partial charge is 0.257 e. The van der Waals surface area contributed by atoms with Crippen LogP contribution < -0.4 is 10.2 Å². The average molecular weight is 410 g/mol. The number of nitrogens with one attached hydrogen (secondary N) is 2. The first-order valence-corrected chi connectivity index (χ1v) is 10.1. The molecule has 1 aromatic heterocycles. The molecule has 0 radical (unpaired) electrons. The highest BCUT2D eigenvalue weighted by Gasteiger charge is 2.33. The Morgan fingerprint density at radius 2 is 2.07 bits per heavy atom. The number of carbonyl (C=O) groups is 3. The number of H-pyrrole nitrogens is 1. The zero-order chi connectivity index (χ0) is 21.3. The van der Waals surface area contributed by atoms with Crippen LogP contribution in [-0.4, -0.2) is 77.0 Å². The fourth-order valence-electron chi connectivity index (χ4n) is 3.98. The molecule has 3 amide bonds. The first-order chi connectivity index (χ1) is 14.4. The summed E-state index contributed by atoms with van der Waals surface area (Å²) in [6.45, 7) is 3.96. The highest BCUT2D eigenvalue weighted by atomic mass is 16.2. The molecule has 158 valence electrons. The molecule has 3 heterocycles. The molecule has 1 atom stereocenters. The monoisotopic (exact) mass is 410 g/mol. The number of anilines is 2. The summed E-state index contributed by atoms with van der Waals surface area (Å²) in [5, 5.41) is 9.65. The Balaban J connectivity index is 1.45. The number of aromatic nitrogens is 2. The third-order valence-electron chi connectivity index (χ3n) is 5.80. The van der Waals surface area contributed by atoms with E-state index in [2.05, 4.69) is 15.5 Å². The topological polar surface area (TPSA) is 102 Å². The number of aromatic amines is 1. The van der Waals surface area contributed by atoms with E-state index < -0.39 is 6.04 Å². The van der Waals surface area contributed by atoms with Gasteiger partial charge in [0, 0.05) is 49.7 Å². The van der Waals surface area contributed by atoms with Crippen LogP contribution in [-0.2, 0) is 9.59 Å². The highest BCUT2D eigenvalue weighted by molar-refractivity contribution is 5.99. The van der Waals surface area contributed by atoms with Crippen LogP contribution in [0.2, 0.25) is 0 Å². The molecule has 2 aliphatic rings. The lowest BCUT2D eigenvalue weighted by Gasteiger charge is -2.38. The number of aryl methyl sites for hydroxylation is 1. The van der Waals surface area contributed by atoms with Crippen molar-refractivity contribution in [3.8, 4) is 0 Å². The second-order valence-corrected chi connectivity index (χ2v) is 7.84. The molecule has 30 heavy (non-hydrogen) atoms. The molecule has 2 N–H and O–H groups in total. The van der Waals surface area contributed by atoms with Gasteiger partial charge < -0.3 is 15.1 Å². The van der Waals surface area contributed by atoms with Crippen LogP contribution in [0.25, 0.3) is 0 Å². The van der Waals surface area contributed by atoms with Gasteiger partial charge in [-0.3, -0.25) is 24.4 Å². The number of nitrogens with zero attached hydrogens (tertiary/aromatic N) is 4. The number of rotatable bonds is 4. The molecule has 0 spiro atoms. The molecule has 0 bridgehead atoms. The van der Waals surface area contributed by atoms with Crippen molar-refractivity contribution in [2.75, 3.05) is 43.4 Å². The van der Waals surface area contributed by atoms with Gasteiger partial charge in [-0.15, -0.1) is 0 Å². The zero-order valence-electron chi connectivity index (χ0n) is 17.2. The minimum Gasteiger partial charge on any atom is -0.335 e. The third kappa shape index (κ3) is 3.93. The molecule has 2 aromatic rings. The normalized spacial score (nSPS) is 19.9. The van der Waals surface area contributed by atoms with Crippen molar-refractivity contribution in [2.24, 2.45) is 0 Å². The van der Waals surface area contributed by atoms with E-state index >= 15 is 0 Å². The summed E-state index contributed by atoms with van der Waals surface area (Å²) in [5.41, 5.74) is 2.68. The summed E-state index contributed by atoms with van der Waals surface area (Å²) >= 11 is 0. The maximum Gasteiger partial charge on any atom is 0.257 e. The molecule has 1 unspecified atom stereocenters. The Morgan fingerprint density at radius 1 is 1.23 bits per heavy atom. The van der Waals surface area contributed by atoms with Crippen molar-refractivity contribution in [1.82, 2.24) is 20.0 Å². The Morgan fingerprint density at radius 3 is 2.77 bits per heavy atom. The van der Waals surface area contributed by atoms with Crippen LogP contribution in [0.1, 0.15) is 28.9 Å². The van der Waals surface area contributed by atoms with E-state index in [0.717, 1.165) is 12.1 Å². The van der Waals surface area contributed by atoms with Crippen LogP contribution >= 0.6 is 0 Å². The van der Waals surface area contributed by atoms with Crippen molar-refractivity contribution in [3.05, 3.63) is 41.7 Å². The number of hydrogen-bond acceptors (Lipinski definition) is 5. The maximum atomic E-state index is 13.0. The van der Waals surface area contributed by atoms with E-state index in [1.165, 1.54) is 6.20 Å². The van der Waals surface area contributed by atoms with Crippen LogP contribution in [0.5, 0.6) is 0 Å². The van der Waals surface area contributed by atoms with Crippen molar-refractivity contribution in [3.63, 3.8) is 0 Å². The fourth-order valence-corrected chi connectivity index (χ4v) is 3.98. The number of amides is 3. The summed E-state index contributed by atoms with van der Waals surface area (Å²) in [6.07, 6.45) is 2.93. The lowest BCUT2D eigenvalue weighted by atomic mass is 10.1. The fraction of sp³-hybridized carbons (Fsp3) is 0.429. The molecule has 2 saturated heterocycles. The van der Waals surface area contributed by atoms with Gasteiger partial charge in [-0.05, 0) is 38.6 Å². The molecule has 0 aliphatic carbocycles. The molecule has 0 saturated carbocycles. The number of carbonyl (C=O) groups excluding carboxylic acids is 3. The summed E-state index contributed by atoms with van der Waals surface area (Å²) in [4.78, 5) is 43.2. The van der Waals surface area contributed by atoms with Crippen molar-refractivity contribution >= 4 is 29.1 Å². The van der Waals surface area contributed by atoms with Gasteiger partial charge in [-0.25, -0.2) is 0 Å². The minimum absolute atomic E-state index is 0.106. The summed E-state index contributed by atoms with van der Waals surface area (Å²) in [6, 6.07) is 6.87. The second kappa shape index (κ2) is 8.27. The van der Waals surface area contributed by atoms with Gasteiger partial charge in [0.05, 0.1) is 11.8 Å². The van der Waals surface area contributed by atoms with Crippen LogP contribution in [0.4, 0.5) is 11.4 Å². The van der Waals surface area contributed by atoms with E-state index in [9.17, 15) is 14.4 Å². The summed E-state index contributed by atoms with van der Waals surface area (Å²) in [5.74, 6) is -0.195. The molecule has 2 fully saturated rings. The van der Waals surface area contributed by atoms with E-state index in [1.54, 1.807) is 16.7 Å². The van der Waals surface area contributed by atoms with Crippen molar-refractivity contribution in [2.45, 2.75) is 25.8 Å². The first-order valence-electron chi connectivity index (χ1n) is 10.1. The van der Waals surface area contributed by atoms with Crippen molar-refractivity contribution < 1.29 is 14.4 Å². The van der Waals surface area contributed by atoms with Gasteiger partial charge in [-0.1, -0.05) is 6.07 Å². The van der Waals surface area contributed by atoms with Crippen LogP contribution in [0.15, 0.2) is 30.5 Å². The predicted molar refractivity (Wildman–Crippen MR) is 112 cm³/mol. The van der Waals surface area contributed by atoms with Gasteiger partial charge >= 0.3 is 0 Å². The number of benzene rings is 1. The molecule has 1 aromatic carbocycles. The highest BCUT2D eigenvalue weighted by Crippen LogP contribution is 2.24. The first kappa shape index (κ1) is 20.1. The van der Waals surface area contributed by atoms with E-state index in [4.69, 9.17) is 0 Å². The number of piperazine rings is 1. The standard InChI is InChI=1S/C21H26N6O3/c1-14-17(12-22-24-14)21(30)26-10-9-25(2)18(13-26)20(29)23-15-5-3-6-16(11-15)27-8-4-7-19(27)28/h3,5-6,11-12,18H,4,7-10,13H2,1-2H3,(H,22,24)(H,23,29). The molecule has 4 rings (SSSR count). The SMILES string of the molecule is Cc1[nH]ncc1C(=O)N1CCN(C)C(C(=O)Nc2cccc(N3CCCC3=O)c2)C1. The molecule has 9 nitrogen and oxygen atoms in total. The van der Waals surface area contributed by atoms with E-state index in [1.807, 2.05) is 36.2 Å². The second-order valence-electron chi connectivity index (χ2n) is 7.84. The Kier molecular flexibility index (Phi) is 5.54. The van der Waals surface area contributed by atoms with Gasteiger partial charge in [0.1, 0.15) is 6.04 Å². The molecular formula is C21H26N6O3. The zero-order valence-corrected chi connectivity index (χ0v) is 17.2. The average Bonchev–Trinajstić information content (AvgIpc) is 3.36. The molecule has 2 aliphatic heterocycles. The van der Waals surface area contributed by atoms with Gasteiger partial charge in [0.25, 0.3) is 5.91 Å². The number of likely N-dealkylation sites (N-methyl/N-ethyl adjacent to an activating group) is 1. The van der Waals surface area contributed by atoms with E-state index in [0.29, 0.717) is 49.5 Å². The van der Waals surface area contributed by atoms with E-state index in [-0.39, 0.29) is 17.7 Å². The third-order valence-corrected chi connectivity index (χ3v) is 5.80. The molecule has 9 heteroatoms. The van der Waals surface area contributed by atoms with Gasteiger partial charge in [-0.2, -0.15) is 5.10 Å². The Bertz CT molecular complexity index is 971. The van der Waals surface area contributed by atoms with Gasteiger partial charge in [0.2, 0.25) is 11.8 Å². The van der Waals surface area contributed by atoms with Crippen LogP contribution in [0, 0.1) is 6.92 Å². The number of hydrogen-bond donors (Lipinski definition) is 2. The maximum absolute atomic E-state index is 13.0. The lowest BCUT2D eigenvalue weighted by Crippen LogP contribution is -2.57. The van der Waals surface area contributed by atoms with Crippen molar-refractivity contribution in [1.29, 1.82) is 0 Å².